The fourth-order valence-corrected chi connectivity index (χ4v) is 7.36. The maximum Gasteiger partial charge on any atom is 0.146 e. The maximum absolute atomic E-state index is 5.22. The predicted octanol–water partition coefficient (Wildman–Crippen LogP) is 8.86. The summed E-state index contributed by atoms with van der Waals surface area (Å²) in [5.74, 6) is 0. The summed E-state index contributed by atoms with van der Waals surface area (Å²) in [7, 11) is 0. The zero-order valence-corrected chi connectivity index (χ0v) is 22.0. The highest BCUT2D eigenvalue weighted by Crippen LogP contribution is 2.48. The zero-order chi connectivity index (χ0) is 26.7. The Morgan fingerprint density at radius 1 is 0.537 bits per heavy atom. The molecule has 5 aromatic carbocycles. The van der Waals surface area contributed by atoms with E-state index in [1.165, 1.54) is 55.1 Å². The highest BCUT2D eigenvalue weighted by molar-refractivity contribution is 6.18. The molecule has 0 radical (unpaired) electrons. The van der Waals surface area contributed by atoms with Gasteiger partial charge in [0.1, 0.15) is 5.65 Å². The minimum Gasteiger partial charge on any atom is -0.309 e. The topological polar surface area (TPSA) is 35.1 Å². The highest BCUT2D eigenvalue weighted by Gasteiger charge is 2.28. The summed E-state index contributed by atoms with van der Waals surface area (Å²) in [4.78, 5) is 10.1. The van der Waals surface area contributed by atoms with Crippen molar-refractivity contribution in [3.05, 3.63) is 133 Å². The number of hydrogen-bond donors (Lipinski definition) is 0. The van der Waals surface area contributed by atoms with Crippen LogP contribution in [-0.4, -0.2) is 18.9 Å². The van der Waals surface area contributed by atoms with Gasteiger partial charge in [0.15, 0.2) is 0 Å². The lowest BCUT2D eigenvalue weighted by Crippen LogP contribution is -1.96. The Morgan fingerprint density at radius 2 is 1.27 bits per heavy atom. The third-order valence-corrected chi connectivity index (χ3v) is 8.98. The Kier molecular flexibility index (Phi) is 3.95. The molecule has 0 amide bonds. The fourth-order valence-electron chi connectivity index (χ4n) is 7.36. The number of hydrogen-bond acceptors (Lipinski definition) is 2. The van der Waals surface area contributed by atoms with Crippen LogP contribution in [0.25, 0.3) is 77.1 Å². The van der Waals surface area contributed by atoms with Crippen molar-refractivity contribution in [3.8, 4) is 16.8 Å². The number of para-hydroxylation sites is 4. The van der Waals surface area contributed by atoms with Crippen molar-refractivity contribution in [3.63, 3.8) is 0 Å². The Hall–Kier alpha value is -5.48. The van der Waals surface area contributed by atoms with Crippen LogP contribution in [0.2, 0.25) is 0 Å². The van der Waals surface area contributed by atoms with Gasteiger partial charge < -0.3 is 4.57 Å². The van der Waals surface area contributed by atoms with Crippen molar-refractivity contribution in [1.29, 1.82) is 0 Å². The van der Waals surface area contributed by atoms with Gasteiger partial charge in [0.25, 0.3) is 0 Å². The second-order valence-electron chi connectivity index (χ2n) is 11.0. The Labute approximate surface area is 234 Å². The number of pyridine rings is 2. The normalized spacial score (nSPS) is 12.8. The molecule has 4 heteroatoms. The van der Waals surface area contributed by atoms with Crippen LogP contribution in [0.1, 0.15) is 11.1 Å². The van der Waals surface area contributed by atoms with Gasteiger partial charge in [-0.15, -0.1) is 0 Å². The molecule has 10 rings (SSSR count). The summed E-state index contributed by atoms with van der Waals surface area (Å²) < 4.78 is 4.71. The highest BCUT2D eigenvalue weighted by atomic mass is 15.0. The Bertz CT molecular complexity index is 2550. The molecule has 0 bridgehead atoms. The maximum atomic E-state index is 5.22. The van der Waals surface area contributed by atoms with Crippen LogP contribution in [0, 0.1) is 0 Å². The van der Waals surface area contributed by atoms with Gasteiger partial charge in [-0.1, -0.05) is 66.7 Å². The van der Waals surface area contributed by atoms with Gasteiger partial charge in [0.05, 0.1) is 33.1 Å². The van der Waals surface area contributed by atoms with Gasteiger partial charge in [-0.05, 0) is 70.8 Å². The van der Waals surface area contributed by atoms with Gasteiger partial charge >= 0.3 is 0 Å². The molecule has 0 unspecified atom stereocenters. The summed E-state index contributed by atoms with van der Waals surface area (Å²) in [5, 5.41) is 5.01. The molecule has 4 heterocycles. The smallest absolute Gasteiger partial charge is 0.146 e. The van der Waals surface area contributed by atoms with E-state index in [9.17, 15) is 0 Å². The molecule has 0 fully saturated rings. The van der Waals surface area contributed by atoms with Crippen molar-refractivity contribution in [2.75, 3.05) is 0 Å². The standard InChI is InChI=1S/C37H22N4/c1-2-9-22(10-3-1)40-30-13-6-4-11-25(30)34-27-21-28-23(24(27)18-19-32(34)40)16-17-26-35(28)37-39-29-12-5-7-14-31(29)41(37)33-15-8-20-38-36(26)33/h1-20H,21H2. The second-order valence-corrected chi connectivity index (χ2v) is 11.0. The molecule has 0 saturated heterocycles. The number of benzene rings is 5. The molecule has 0 atom stereocenters. The quantitative estimate of drug-likeness (QED) is 0.202. The minimum atomic E-state index is 0.860. The van der Waals surface area contributed by atoms with Crippen molar-refractivity contribution in [2.45, 2.75) is 6.42 Å². The van der Waals surface area contributed by atoms with E-state index in [4.69, 9.17) is 9.97 Å². The summed E-state index contributed by atoms with van der Waals surface area (Å²) in [6, 6.07) is 41.3. The molecule has 9 aromatic rings. The lowest BCUT2D eigenvalue weighted by molar-refractivity contribution is 1.18. The van der Waals surface area contributed by atoms with Crippen LogP contribution in [-0.2, 0) is 6.42 Å². The van der Waals surface area contributed by atoms with Crippen LogP contribution >= 0.6 is 0 Å². The first-order valence-electron chi connectivity index (χ1n) is 14.1. The lowest BCUT2D eigenvalue weighted by Gasteiger charge is -2.11. The SMILES string of the molecule is c1ccc(-n2c3ccccc3c3c4c(ccc32)-c2ccc3c5ncccc5n5c6ccccc6nc5c3c2C4)cc1. The Morgan fingerprint density at radius 3 is 2.17 bits per heavy atom. The molecule has 1 aliphatic carbocycles. The average molecular weight is 523 g/mol. The molecule has 190 valence electrons. The number of fused-ring (bicyclic) bond motifs is 16. The van der Waals surface area contributed by atoms with E-state index in [0.717, 1.165) is 39.5 Å². The van der Waals surface area contributed by atoms with E-state index in [1.54, 1.807) is 0 Å². The van der Waals surface area contributed by atoms with Gasteiger partial charge in [-0.25, -0.2) is 4.98 Å². The summed E-state index contributed by atoms with van der Waals surface area (Å²) >= 11 is 0. The summed E-state index contributed by atoms with van der Waals surface area (Å²) in [6.07, 6.45) is 2.76. The molecule has 4 aromatic heterocycles. The van der Waals surface area contributed by atoms with Gasteiger partial charge in [0, 0.05) is 39.8 Å². The second kappa shape index (κ2) is 7.58. The monoisotopic (exact) mass is 522 g/mol. The van der Waals surface area contributed by atoms with E-state index >= 15 is 0 Å². The van der Waals surface area contributed by atoms with Crippen LogP contribution in [0.4, 0.5) is 0 Å². The Balaban J connectivity index is 1.34. The van der Waals surface area contributed by atoms with E-state index in [0.29, 0.717) is 0 Å². The van der Waals surface area contributed by atoms with Gasteiger partial charge in [-0.3, -0.25) is 9.38 Å². The largest absolute Gasteiger partial charge is 0.309 e. The first-order valence-corrected chi connectivity index (χ1v) is 14.1. The van der Waals surface area contributed by atoms with Crippen molar-refractivity contribution < 1.29 is 0 Å². The van der Waals surface area contributed by atoms with Crippen molar-refractivity contribution >= 4 is 60.3 Å². The van der Waals surface area contributed by atoms with Crippen molar-refractivity contribution in [1.82, 2.24) is 18.9 Å². The number of rotatable bonds is 1. The third-order valence-electron chi connectivity index (χ3n) is 8.98. The number of aromatic nitrogens is 4. The first-order chi connectivity index (χ1) is 20.4. The molecule has 41 heavy (non-hydrogen) atoms. The van der Waals surface area contributed by atoms with Crippen LogP contribution in [0.3, 0.4) is 0 Å². The third kappa shape index (κ3) is 2.64. The van der Waals surface area contributed by atoms with E-state index in [2.05, 4.69) is 118 Å². The zero-order valence-electron chi connectivity index (χ0n) is 22.0. The van der Waals surface area contributed by atoms with E-state index in [-0.39, 0.29) is 0 Å². The molecule has 4 nitrogen and oxygen atoms in total. The molecular formula is C37H22N4. The van der Waals surface area contributed by atoms with E-state index in [1.807, 2.05) is 12.3 Å². The molecule has 0 spiro atoms. The predicted molar refractivity (Wildman–Crippen MR) is 168 cm³/mol. The van der Waals surface area contributed by atoms with Crippen LogP contribution in [0.5, 0.6) is 0 Å². The minimum absolute atomic E-state index is 0.860. The molecule has 0 aliphatic heterocycles. The van der Waals surface area contributed by atoms with Gasteiger partial charge in [0.2, 0.25) is 0 Å². The average Bonchev–Trinajstić information content (AvgIpc) is 3.71. The summed E-state index contributed by atoms with van der Waals surface area (Å²) in [5.41, 5.74) is 14.3. The molecular weight excluding hydrogens is 500 g/mol. The van der Waals surface area contributed by atoms with E-state index < -0.39 is 0 Å². The first kappa shape index (κ1) is 21.4. The summed E-state index contributed by atoms with van der Waals surface area (Å²) in [6.45, 7) is 0. The van der Waals surface area contributed by atoms with Crippen molar-refractivity contribution in [2.24, 2.45) is 0 Å². The lowest BCUT2D eigenvalue weighted by atomic mass is 9.99. The number of nitrogens with zero attached hydrogens (tertiary/aromatic N) is 4. The molecule has 0 saturated carbocycles. The number of imidazole rings is 1. The van der Waals surface area contributed by atoms with Crippen LogP contribution in [0.15, 0.2) is 121 Å². The fraction of sp³-hybridized carbons (Fsp3) is 0.0270. The van der Waals surface area contributed by atoms with Crippen LogP contribution < -0.4 is 0 Å². The molecule has 1 aliphatic rings. The molecule has 0 N–H and O–H groups in total. The van der Waals surface area contributed by atoms with Gasteiger partial charge in [-0.2, -0.15) is 0 Å².